The third-order valence-corrected chi connectivity index (χ3v) is 2.81. The molecule has 92 valence electrons. The second-order valence-electron chi connectivity index (χ2n) is 3.97. The summed E-state index contributed by atoms with van der Waals surface area (Å²) in [7, 11) is 0. The summed E-state index contributed by atoms with van der Waals surface area (Å²) in [5, 5.41) is 0. The molecule has 1 unspecified atom stereocenters. The van der Waals surface area contributed by atoms with E-state index in [0.717, 1.165) is 0 Å². The fourth-order valence-electron chi connectivity index (χ4n) is 1.86. The van der Waals surface area contributed by atoms with Gasteiger partial charge in [-0.3, -0.25) is 14.5 Å². The highest BCUT2D eigenvalue weighted by molar-refractivity contribution is 5.96. The second kappa shape index (κ2) is 5.11. The number of amides is 1. The molecule has 17 heavy (non-hydrogen) atoms. The monoisotopic (exact) mass is 237 g/mol. The van der Waals surface area contributed by atoms with Crippen molar-refractivity contribution in [3.8, 4) is 0 Å². The zero-order valence-electron chi connectivity index (χ0n) is 9.39. The van der Waals surface area contributed by atoms with Gasteiger partial charge in [0, 0.05) is 12.7 Å². The van der Waals surface area contributed by atoms with Crippen molar-refractivity contribution in [2.45, 2.75) is 6.04 Å². The van der Waals surface area contributed by atoms with E-state index >= 15 is 0 Å². The van der Waals surface area contributed by atoms with Crippen LogP contribution in [0.4, 0.5) is 0 Å². The molecule has 0 aliphatic carbocycles. The predicted molar refractivity (Wildman–Crippen MR) is 60.5 cm³/mol. The van der Waals surface area contributed by atoms with Crippen LogP contribution in [0.15, 0.2) is 18.3 Å². The van der Waals surface area contributed by atoms with Gasteiger partial charge in [0.2, 0.25) is 5.91 Å². The number of nitrogens with one attached hydrogen (secondary N) is 1. The molecule has 1 atom stereocenters. The number of carbonyl (C=O) groups is 2. The number of ether oxygens (including phenoxy) is 1. The van der Waals surface area contributed by atoms with Gasteiger partial charge in [0.15, 0.2) is 5.78 Å². The smallest absolute Gasteiger partial charge is 0.237 e. The normalized spacial score (nSPS) is 21.3. The molecule has 2 rings (SSSR count). The molecular formula is C11H15N3O3. The number of nitrogens with zero attached hydrogens (tertiary/aromatic N) is 1. The number of H-pyrrole nitrogens is 1. The van der Waals surface area contributed by atoms with Crippen LogP contribution in [-0.2, 0) is 9.53 Å². The maximum absolute atomic E-state index is 11.9. The van der Waals surface area contributed by atoms with Crippen molar-refractivity contribution in [2.75, 3.05) is 26.3 Å². The molecule has 6 heteroatoms. The number of hydrogen-bond donors (Lipinski definition) is 2. The van der Waals surface area contributed by atoms with Gasteiger partial charge in [0.05, 0.1) is 25.5 Å². The summed E-state index contributed by atoms with van der Waals surface area (Å²) in [4.78, 5) is 27.7. The third-order valence-electron chi connectivity index (χ3n) is 2.81. The highest BCUT2D eigenvalue weighted by atomic mass is 16.5. The summed E-state index contributed by atoms with van der Waals surface area (Å²) in [6, 6.07) is 2.96. The van der Waals surface area contributed by atoms with Crippen LogP contribution in [0.2, 0.25) is 0 Å². The molecule has 1 aliphatic rings. The topological polar surface area (TPSA) is 88.4 Å². The zero-order chi connectivity index (χ0) is 12.3. The van der Waals surface area contributed by atoms with E-state index < -0.39 is 11.9 Å². The molecular weight excluding hydrogens is 222 g/mol. The van der Waals surface area contributed by atoms with Crippen LogP contribution in [0.3, 0.4) is 0 Å². The number of hydrogen-bond acceptors (Lipinski definition) is 4. The molecule has 0 radical (unpaired) electrons. The van der Waals surface area contributed by atoms with Gasteiger partial charge in [0.1, 0.15) is 6.04 Å². The first-order chi connectivity index (χ1) is 8.18. The Morgan fingerprint density at radius 2 is 2.41 bits per heavy atom. The van der Waals surface area contributed by atoms with Crippen molar-refractivity contribution in [1.82, 2.24) is 9.88 Å². The average Bonchev–Trinajstić information content (AvgIpc) is 2.83. The molecule has 1 fully saturated rings. The first-order valence-electron chi connectivity index (χ1n) is 5.46. The Hall–Kier alpha value is -1.66. The van der Waals surface area contributed by atoms with Crippen molar-refractivity contribution < 1.29 is 14.3 Å². The number of carbonyl (C=O) groups excluding carboxylic acids is 2. The van der Waals surface area contributed by atoms with Gasteiger partial charge in [-0.25, -0.2) is 0 Å². The second-order valence-corrected chi connectivity index (χ2v) is 3.97. The van der Waals surface area contributed by atoms with Gasteiger partial charge in [0.25, 0.3) is 0 Å². The lowest BCUT2D eigenvalue weighted by Gasteiger charge is -2.32. The SMILES string of the molecule is NC(=O)C1COCCN1CC(=O)c1ccc[nH]1. The predicted octanol–water partition coefficient (Wildman–Crippen LogP) is -0.616. The Morgan fingerprint density at radius 1 is 1.59 bits per heavy atom. The number of morpholine rings is 1. The zero-order valence-corrected chi connectivity index (χ0v) is 9.39. The van der Waals surface area contributed by atoms with E-state index in [0.29, 0.717) is 18.8 Å². The Bertz CT molecular complexity index is 402. The van der Waals surface area contributed by atoms with Crippen molar-refractivity contribution >= 4 is 11.7 Å². The summed E-state index contributed by atoms with van der Waals surface area (Å²) in [6.45, 7) is 1.49. The van der Waals surface area contributed by atoms with E-state index in [4.69, 9.17) is 10.5 Å². The van der Waals surface area contributed by atoms with Crippen LogP contribution in [0, 0.1) is 0 Å². The lowest BCUT2D eigenvalue weighted by molar-refractivity contribution is -0.128. The van der Waals surface area contributed by atoms with Crippen LogP contribution in [-0.4, -0.2) is 53.9 Å². The highest BCUT2D eigenvalue weighted by Crippen LogP contribution is 2.08. The van der Waals surface area contributed by atoms with Gasteiger partial charge in [-0.2, -0.15) is 0 Å². The first kappa shape index (κ1) is 11.8. The lowest BCUT2D eigenvalue weighted by atomic mass is 10.2. The van der Waals surface area contributed by atoms with Crippen LogP contribution < -0.4 is 5.73 Å². The van der Waals surface area contributed by atoms with E-state index in [1.54, 1.807) is 23.2 Å². The first-order valence-corrected chi connectivity index (χ1v) is 5.46. The van der Waals surface area contributed by atoms with Crippen LogP contribution in [0.25, 0.3) is 0 Å². The molecule has 0 bridgehead atoms. The van der Waals surface area contributed by atoms with Crippen LogP contribution >= 0.6 is 0 Å². The average molecular weight is 237 g/mol. The molecule has 0 saturated carbocycles. The van der Waals surface area contributed by atoms with E-state index in [-0.39, 0.29) is 18.9 Å². The van der Waals surface area contributed by atoms with Crippen molar-refractivity contribution in [3.05, 3.63) is 24.0 Å². The van der Waals surface area contributed by atoms with Gasteiger partial charge >= 0.3 is 0 Å². The molecule has 0 spiro atoms. The molecule has 1 aromatic rings. The van der Waals surface area contributed by atoms with E-state index in [2.05, 4.69) is 4.98 Å². The molecule has 6 nitrogen and oxygen atoms in total. The minimum atomic E-state index is -0.511. The van der Waals surface area contributed by atoms with Crippen molar-refractivity contribution in [2.24, 2.45) is 5.73 Å². The molecule has 1 amide bonds. The molecule has 0 aromatic carbocycles. The summed E-state index contributed by atoms with van der Waals surface area (Å²) in [5.41, 5.74) is 5.81. The molecule has 1 aromatic heterocycles. The van der Waals surface area contributed by atoms with Crippen molar-refractivity contribution in [3.63, 3.8) is 0 Å². The standard InChI is InChI=1S/C11H15N3O3/c12-11(16)9-7-17-5-4-14(9)6-10(15)8-2-1-3-13-8/h1-3,9,13H,4-7H2,(H2,12,16). The Labute approximate surface area is 98.7 Å². The minimum absolute atomic E-state index is 0.0526. The Morgan fingerprint density at radius 3 is 3.06 bits per heavy atom. The molecule has 1 aliphatic heterocycles. The van der Waals surface area contributed by atoms with Crippen LogP contribution in [0.1, 0.15) is 10.5 Å². The van der Waals surface area contributed by atoms with E-state index in [1.807, 2.05) is 0 Å². The molecule has 3 N–H and O–H groups in total. The summed E-state index contributed by atoms with van der Waals surface area (Å²) >= 11 is 0. The van der Waals surface area contributed by atoms with Crippen LogP contribution in [0.5, 0.6) is 0 Å². The van der Waals surface area contributed by atoms with Crippen molar-refractivity contribution in [1.29, 1.82) is 0 Å². The Kier molecular flexibility index (Phi) is 3.55. The summed E-state index contributed by atoms with van der Waals surface area (Å²) in [5.74, 6) is -0.507. The maximum Gasteiger partial charge on any atom is 0.237 e. The highest BCUT2D eigenvalue weighted by Gasteiger charge is 2.29. The van der Waals surface area contributed by atoms with Gasteiger partial charge in [-0.1, -0.05) is 0 Å². The number of nitrogens with two attached hydrogens (primary N) is 1. The quantitative estimate of drug-likeness (QED) is 0.683. The maximum atomic E-state index is 11.9. The lowest BCUT2D eigenvalue weighted by Crippen LogP contribution is -2.53. The minimum Gasteiger partial charge on any atom is -0.378 e. The number of ketones is 1. The summed E-state index contributed by atoms with van der Waals surface area (Å²) < 4.78 is 5.18. The number of Topliss-reactive ketones (excluding diaryl/α,β-unsaturated/α-hetero) is 1. The Balaban J connectivity index is 2.01. The summed E-state index contributed by atoms with van der Waals surface area (Å²) in [6.07, 6.45) is 1.69. The fourth-order valence-corrected chi connectivity index (χ4v) is 1.86. The van der Waals surface area contributed by atoms with Gasteiger partial charge < -0.3 is 15.5 Å². The number of rotatable bonds is 4. The number of primary amides is 1. The largest absolute Gasteiger partial charge is 0.378 e. The van der Waals surface area contributed by atoms with E-state index in [1.165, 1.54) is 0 Å². The third kappa shape index (κ3) is 2.72. The van der Waals surface area contributed by atoms with E-state index in [9.17, 15) is 9.59 Å². The van der Waals surface area contributed by atoms with Gasteiger partial charge in [-0.15, -0.1) is 0 Å². The molecule has 1 saturated heterocycles. The number of aromatic nitrogens is 1. The molecule has 2 heterocycles. The number of aromatic amines is 1. The fraction of sp³-hybridized carbons (Fsp3) is 0.455. The van der Waals surface area contributed by atoms with Gasteiger partial charge in [-0.05, 0) is 12.1 Å².